The van der Waals surface area contributed by atoms with E-state index in [9.17, 15) is 9.59 Å². The van der Waals surface area contributed by atoms with Gasteiger partial charge in [0.05, 0.1) is 5.69 Å². The van der Waals surface area contributed by atoms with E-state index in [0.717, 1.165) is 19.0 Å². The number of aromatic nitrogens is 1. The minimum atomic E-state index is -0.118. The molecule has 1 saturated heterocycles. The summed E-state index contributed by atoms with van der Waals surface area (Å²) in [5.74, 6) is -0.175. The molecule has 5 heteroatoms. The molecule has 1 aromatic rings. The van der Waals surface area contributed by atoms with Crippen LogP contribution in [0.1, 0.15) is 54.1 Å². The first-order chi connectivity index (χ1) is 9.54. The van der Waals surface area contributed by atoms with Crippen LogP contribution in [0.25, 0.3) is 0 Å². The zero-order valence-electron chi connectivity index (χ0n) is 12.0. The molecule has 1 aliphatic heterocycles. The number of ketones is 1. The van der Waals surface area contributed by atoms with Gasteiger partial charge in [-0.2, -0.15) is 0 Å². The average molecular weight is 275 g/mol. The van der Waals surface area contributed by atoms with Gasteiger partial charge >= 0.3 is 0 Å². The summed E-state index contributed by atoms with van der Waals surface area (Å²) in [5.41, 5.74) is 0.947. The van der Waals surface area contributed by atoms with Crippen molar-refractivity contribution in [2.24, 2.45) is 0 Å². The number of carbonyl (C=O) groups excluding carboxylic acids is 2. The number of hydrogen-bond donors (Lipinski definition) is 2. The fraction of sp³-hybridized carbons (Fsp3) is 0.600. The van der Waals surface area contributed by atoms with E-state index in [1.807, 2.05) is 0 Å². The lowest BCUT2D eigenvalue weighted by atomic mass is 10.2. The van der Waals surface area contributed by atoms with Crippen LogP contribution in [-0.4, -0.2) is 46.2 Å². The quantitative estimate of drug-likeness (QED) is 0.820. The molecule has 2 fully saturated rings. The van der Waals surface area contributed by atoms with Crippen molar-refractivity contribution in [3.05, 3.63) is 23.5 Å². The maximum atomic E-state index is 12.2. The third-order valence-electron chi connectivity index (χ3n) is 4.28. The highest BCUT2D eigenvalue weighted by atomic mass is 16.2. The van der Waals surface area contributed by atoms with Gasteiger partial charge in [-0.05, 0) is 38.3 Å². The third-order valence-corrected chi connectivity index (χ3v) is 4.28. The molecule has 2 atom stereocenters. The number of H-pyrrole nitrogens is 1. The molecule has 0 aromatic carbocycles. The van der Waals surface area contributed by atoms with E-state index < -0.39 is 0 Å². The predicted molar refractivity (Wildman–Crippen MR) is 75.9 cm³/mol. The Morgan fingerprint density at radius 1 is 1.30 bits per heavy atom. The van der Waals surface area contributed by atoms with Crippen molar-refractivity contribution >= 4 is 11.7 Å². The zero-order valence-corrected chi connectivity index (χ0v) is 12.0. The minimum Gasteiger partial charge on any atom is -0.348 e. The second-order valence-electron chi connectivity index (χ2n) is 6.02. The summed E-state index contributed by atoms with van der Waals surface area (Å²) in [5, 5.41) is 3.07. The number of carbonyl (C=O) groups is 2. The van der Waals surface area contributed by atoms with Gasteiger partial charge < -0.3 is 10.3 Å². The van der Waals surface area contributed by atoms with Crippen LogP contribution in [0, 0.1) is 0 Å². The van der Waals surface area contributed by atoms with Gasteiger partial charge in [-0.1, -0.05) is 0 Å². The van der Waals surface area contributed by atoms with Gasteiger partial charge in [0.15, 0.2) is 5.78 Å². The summed E-state index contributed by atoms with van der Waals surface area (Å²) in [6.07, 6.45) is 3.59. The lowest BCUT2D eigenvalue weighted by Crippen LogP contribution is -2.37. The lowest BCUT2D eigenvalue weighted by Gasteiger charge is -2.19. The smallest absolute Gasteiger partial charge is 0.267 e. The first-order valence-corrected chi connectivity index (χ1v) is 7.31. The van der Waals surface area contributed by atoms with Crippen molar-refractivity contribution in [1.82, 2.24) is 15.2 Å². The van der Waals surface area contributed by atoms with E-state index in [2.05, 4.69) is 22.1 Å². The van der Waals surface area contributed by atoms with Gasteiger partial charge in [0.25, 0.3) is 5.91 Å². The summed E-state index contributed by atoms with van der Waals surface area (Å²) in [6.45, 7) is 4.66. The van der Waals surface area contributed by atoms with Crippen molar-refractivity contribution in [3.63, 3.8) is 0 Å². The zero-order chi connectivity index (χ0) is 14.3. The molecule has 0 bridgehead atoms. The summed E-state index contributed by atoms with van der Waals surface area (Å²) in [7, 11) is 0. The van der Waals surface area contributed by atoms with Gasteiger partial charge in [0.2, 0.25) is 0 Å². The van der Waals surface area contributed by atoms with Crippen LogP contribution in [0.4, 0.5) is 0 Å². The van der Waals surface area contributed by atoms with Gasteiger partial charge in [-0.15, -0.1) is 0 Å². The SMILES string of the molecule is CC(=O)c1ccc(C(=O)N[C@@H]2C[C@@H](C)N(C3CC3)C2)[nH]1. The Hall–Kier alpha value is -1.62. The minimum absolute atomic E-state index is 0.0570. The molecule has 2 N–H and O–H groups in total. The van der Waals surface area contributed by atoms with Crippen LogP contribution in [0.5, 0.6) is 0 Å². The molecule has 2 aliphatic rings. The Morgan fingerprint density at radius 3 is 2.60 bits per heavy atom. The number of hydrogen-bond acceptors (Lipinski definition) is 3. The molecule has 5 nitrogen and oxygen atoms in total. The van der Waals surface area contributed by atoms with Crippen LogP contribution in [0.3, 0.4) is 0 Å². The van der Waals surface area contributed by atoms with Crippen LogP contribution in [-0.2, 0) is 0 Å². The number of likely N-dealkylation sites (tertiary alicyclic amines) is 1. The molecule has 0 unspecified atom stereocenters. The molecule has 1 aliphatic carbocycles. The molecule has 1 aromatic heterocycles. The summed E-state index contributed by atoms with van der Waals surface area (Å²) in [4.78, 5) is 28.8. The van der Waals surface area contributed by atoms with Crippen molar-refractivity contribution in [2.45, 2.75) is 51.2 Å². The average Bonchev–Trinajstić information content (AvgIpc) is 2.98. The Balaban J connectivity index is 1.59. The molecule has 0 spiro atoms. The van der Waals surface area contributed by atoms with Crippen LogP contribution < -0.4 is 5.32 Å². The number of nitrogens with one attached hydrogen (secondary N) is 2. The summed E-state index contributed by atoms with van der Waals surface area (Å²) in [6, 6.07) is 4.82. The molecule has 3 rings (SSSR count). The Kier molecular flexibility index (Phi) is 3.38. The van der Waals surface area contributed by atoms with E-state index in [1.54, 1.807) is 12.1 Å². The fourth-order valence-electron chi connectivity index (χ4n) is 3.07. The maximum Gasteiger partial charge on any atom is 0.267 e. The Bertz CT molecular complexity index is 533. The highest BCUT2D eigenvalue weighted by Crippen LogP contribution is 2.33. The highest BCUT2D eigenvalue weighted by molar-refractivity contribution is 5.97. The number of nitrogens with zero attached hydrogens (tertiary/aromatic N) is 1. The van der Waals surface area contributed by atoms with Gasteiger partial charge in [0, 0.05) is 31.6 Å². The number of rotatable bonds is 4. The van der Waals surface area contributed by atoms with E-state index in [-0.39, 0.29) is 17.7 Å². The standard InChI is InChI=1S/C15H21N3O2/c1-9-7-11(8-18(9)12-3-4-12)16-15(20)14-6-5-13(17-14)10(2)19/h5-6,9,11-12,17H,3-4,7-8H2,1-2H3,(H,16,20)/t9-,11-/m1/s1. The largest absolute Gasteiger partial charge is 0.348 e. The van der Waals surface area contributed by atoms with E-state index >= 15 is 0 Å². The predicted octanol–water partition coefficient (Wildman–Crippen LogP) is 1.57. The first-order valence-electron chi connectivity index (χ1n) is 7.31. The van der Waals surface area contributed by atoms with Crippen molar-refractivity contribution in [3.8, 4) is 0 Å². The van der Waals surface area contributed by atoms with Gasteiger partial charge in [-0.3, -0.25) is 14.5 Å². The summed E-state index contributed by atoms with van der Waals surface area (Å²) >= 11 is 0. The van der Waals surface area contributed by atoms with E-state index in [4.69, 9.17) is 0 Å². The van der Waals surface area contributed by atoms with Crippen LogP contribution in [0.2, 0.25) is 0 Å². The normalized spacial score (nSPS) is 26.7. The fourth-order valence-corrected chi connectivity index (χ4v) is 3.07. The summed E-state index contributed by atoms with van der Waals surface area (Å²) < 4.78 is 0. The van der Waals surface area contributed by atoms with Crippen molar-refractivity contribution < 1.29 is 9.59 Å². The molecule has 108 valence electrons. The molecule has 1 amide bonds. The second-order valence-corrected chi connectivity index (χ2v) is 6.02. The van der Waals surface area contributed by atoms with E-state index in [0.29, 0.717) is 17.4 Å². The molecule has 0 radical (unpaired) electrons. The topological polar surface area (TPSA) is 65.2 Å². The molecule has 1 saturated carbocycles. The van der Waals surface area contributed by atoms with Gasteiger partial charge in [-0.25, -0.2) is 0 Å². The Labute approximate surface area is 118 Å². The second kappa shape index (κ2) is 5.05. The van der Waals surface area contributed by atoms with E-state index in [1.165, 1.54) is 19.8 Å². The first kappa shape index (κ1) is 13.4. The molecule has 20 heavy (non-hydrogen) atoms. The van der Waals surface area contributed by atoms with Gasteiger partial charge in [0.1, 0.15) is 5.69 Å². The number of aromatic amines is 1. The molecule has 2 heterocycles. The maximum absolute atomic E-state index is 12.2. The van der Waals surface area contributed by atoms with Crippen molar-refractivity contribution in [1.29, 1.82) is 0 Å². The molecular weight excluding hydrogens is 254 g/mol. The highest BCUT2D eigenvalue weighted by Gasteiger charge is 2.39. The van der Waals surface area contributed by atoms with Crippen molar-refractivity contribution in [2.75, 3.05) is 6.54 Å². The Morgan fingerprint density at radius 2 is 2.00 bits per heavy atom. The monoisotopic (exact) mass is 275 g/mol. The van der Waals surface area contributed by atoms with Crippen LogP contribution >= 0.6 is 0 Å². The third kappa shape index (κ3) is 2.63. The van der Waals surface area contributed by atoms with Crippen LogP contribution in [0.15, 0.2) is 12.1 Å². The number of Topliss-reactive ketones (excluding diaryl/α,β-unsaturated/α-hetero) is 1. The number of amides is 1. The molecular formula is C15H21N3O2. The lowest BCUT2D eigenvalue weighted by molar-refractivity contribution is 0.0933.